The van der Waals surface area contributed by atoms with Gasteiger partial charge >= 0.3 is 0 Å². The van der Waals surface area contributed by atoms with Crippen LogP contribution in [0, 0.1) is 0 Å². The van der Waals surface area contributed by atoms with Crippen LogP contribution in [0.2, 0.25) is 0 Å². The number of nitrogens with zero attached hydrogens (tertiary/aromatic N) is 2. The first-order valence-corrected chi connectivity index (χ1v) is 4.53. The van der Waals surface area contributed by atoms with Crippen LogP contribution in [-0.4, -0.2) is 9.97 Å². The standard InChI is InChI=1S/C10H9N3O/c1-2-9(14-3-1)10-12-5-7-4-11-6-8(7)13-10/h1-3,5,11H,4,6H2. The maximum absolute atomic E-state index is 5.23. The average molecular weight is 187 g/mol. The molecule has 0 saturated carbocycles. The van der Waals surface area contributed by atoms with E-state index >= 15 is 0 Å². The van der Waals surface area contributed by atoms with Crippen molar-refractivity contribution in [2.75, 3.05) is 0 Å². The van der Waals surface area contributed by atoms with Gasteiger partial charge in [-0.05, 0) is 12.1 Å². The molecule has 0 bridgehead atoms. The van der Waals surface area contributed by atoms with E-state index in [0.29, 0.717) is 5.82 Å². The number of hydrogen-bond donors (Lipinski definition) is 1. The fourth-order valence-corrected chi connectivity index (χ4v) is 1.58. The number of hydrogen-bond acceptors (Lipinski definition) is 4. The van der Waals surface area contributed by atoms with Crippen LogP contribution in [0.5, 0.6) is 0 Å². The predicted molar refractivity (Wildman–Crippen MR) is 50.3 cm³/mol. The fourth-order valence-electron chi connectivity index (χ4n) is 1.58. The molecule has 4 nitrogen and oxygen atoms in total. The van der Waals surface area contributed by atoms with Gasteiger partial charge in [0.2, 0.25) is 0 Å². The molecule has 0 amide bonds. The van der Waals surface area contributed by atoms with Crippen molar-refractivity contribution in [3.05, 3.63) is 35.9 Å². The van der Waals surface area contributed by atoms with Crippen LogP contribution in [-0.2, 0) is 13.1 Å². The smallest absolute Gasteiger partial charge is 0.195 e. The van der Waals surface area contributed by atoms with Crippen molar-refractivity contribution in [3.63, 3.8) is 0 Å². The Labute approximate surface area is 81.0 Å². The number of fused-ring (bicyclic) bond motifs is 1. The summed E-state index contributed by atoms with van der Waals surface area (Å²) in [6, 6.07) is 3.70. The molecule has 2 aromatic heterocycles. The number of rotatable bonds is 1. The Morgan fingerprint density at radius 3 is 3.21 bits per heavy atom. The van der Waals surface area contributed by atoms with Gasteiger partial charge in [-0.1, -0.05) is 0 Å². The first-order chi connectivity index (χ1) is 6.93. The summed E-state index contributed by atoms with van der Waals surface area (Å²) in [4.78, 5) is 8.68. The molecule has 0 fully saturated rings. The summed E-state index contributed by atoms with van der Waals surface area (Å²) in [5.41, 5.74) is 2.26. The number of aromatic nitrogens is 2. The Bertz CT molecular complexity index is 450. The Balaban J connectivity index is 2.09. The van der Waals surface area contributed by atoms with Gasteiger partial charge in [-0.2, -0.15) is 0 Å². The van der Waals surface area contributed by atoms with Gasteiger partial charge in [-0.3, -0.25) is 0 Å². The zero-order valence-electron chi connectivity index (χ0n) is 7.53. The van der Waals surface area contributed by atoms with Crippen LogP contribution in [0.3, 0.4) is 0 Å². The Hall–Kier alpha value is -1.68. The minimum absolute atomic E-state index is 0.664. The zero-order chi connectivity index (χ0) is 9.38. The van der Waals surface area contributed by atoms with Crippen molar-refractivity contribution in [3.8, 4) is 11.6 Å². The van der Waals surface area contributed by atoms with E-state index in [4.69, 9.17) is 4.42 Å². The molecule has 0 saturated heterocycles. The van der Waals surface area contributed by atoms with Crippen molar-refractivity contribution >= 4 is 0 Å². The van der Waals surface area contributed by atoms with Gasteiger partial charge in [0.05, 0.1) is 12.0 Å². The van der Waals surface area contributed by atoms with Gasteiger partial charge in [-0.15, -0.1) is 0 Å². The fraction of sp³-hybridized carbons (Fsp3) is 0.200. The van der Waals surface area contributed by atoms with Gasteiger partial charge in [0.15, 0.2) is 11.6 Å². The van der Waals surface area contributed by atoms with Gasteiger partial charge in [0.25, 0.3) is 0 Å². The molecular formula is C10H9N3O. The van der Waals surface area contributed by atoms with Crippen LogP contribution in [0.25, 0.3) is 11.6 Å². The summed E-state index contributed by atoms with van der Waals surface area (Å²) in [7, 11) is 0. The van der Waals surface area contributed by atoms with Gasteiger partial charge in [0.1, 0.15) is 0 Å². The highest BCUT2D eigenvalue weighted by Crippen LogP contribution is 2.18. The molecule has 3 rings (SSSR count). The van der Waals surface area contributed by atoms with Crippen LogP contribution in [0.15, 0.2) is 29.0 Å². The Kier molecular flexibility index (Phi) is 1.61. The summed E-state index contributed by atoms with van der Waals surface area (Å²) in [5.74, 6) is 1.39. The zero-order valence-corrected chi connectivity index (χ0v) is 7.53. The van der Waals surface area contributed by atoms with Gasteiger partial charge in [-0.25, -0.2) is 9.97 Å². The molecule has 70 valence electrons. The maximum atomic E-state index is 5.23. The topological polar surface area (TPSA) is 51.0 Å². The van der Waals surface area contributed by atoms with E-state index in [0.717, 1.165) is 24.5 Å². The summed E-state index contributed by atoms with van der Waals surface area (Å²) in [6.07, 6.45) is 3.49. The quantitative estimate of drug-likeness (QED) is 0.732. The molecule has 1 aliphatic heterocycles. The van der Waals surface area contributed by atoms with E-state index in [-0.39, 0.29) is 0 Å². The van der Waals surface area contributed by atoms with Crippen LogP contribution >= 0.6 is 0 Å². The molecule has 2 aromatic rings. The molecular weight excluding hydrogens is 178 g/mol. The molecule has 4 heteroatoms. The van der Waals surface area contributed by atoms with Crippen molar-refractivity contribution in [2.24, 2.45) is 0 Å². The molecule has 1 aliphatic rings. The second-order valence-electron chi connectivity index (χ2n) is 3.25. The molecule has 0 radical (unpaired) electrons. The lowest BCUT2D eigenvalue weighted by molar-refractivity contribution is 0.576. The third-order valence-electron chi connectivity index (χ3n) is 2.30. The molecule has 3 heterocycles. The molecule has 0 atom stereocenters. The van der Waals surface area contributed by atoms with E-state index in [1.807, 2.05) is 18.3 Å². The highest BCUT2D eigenvalue weighted by Gasteiger charge is 2.14. The van der Waals surface area contributed by atoms with Crippen LogP contribution in [0.4, 0.5) is 0 Å². The third-order valence-corrected chi connectivity index (χ3v) is 2.30. The van der Waals surface area contributed by atoms with Gasteiger partial charge < -0.3 is 9.73 Å². The molecule has 1 N–H and O–H groups in total. The van der Waals surface area contributed by atoms with E-state index in [1.165, 1.54) is 5.56 Å². The maximum Gasteiger partial charge on any atom is 0.195 e. The lowest BCUT2D eigenvalue weighted by atomic mass is 10.3. The van der Waals surface area contributed by atoms with E-state index in [2.05, 4.69) is 15.3 Å². The van der Waals surface area contributed by atoms with Crippen molar-refractivity contribution in [1.82, 2.24) is 15.3 Å². The second-order valence-corrected chi connectivity index (χ2v) is 3.25. The van der Waals surface area contributed by atoms with E-state index in [9.17, 15) is 0 Å². The molecule has 14 heavy (non-hydrogen) atoms. The summed E-state index contributed by atoms with van der Waals surface area (Å²) in [6.45, 7) is 1.69. The molecule has 0 spiro atoms. The highest BCUT2D eigenvalue weighted by molar-refractivity contribution is 5.47. The second kappa shape index (κ2) is 2.92. The first-order valence-electron chi connectivity index (χ1n) is 4.53. The summed E-state index contributed by atoms with van der Waals surface area (Å²) in [5, 5.41) is 3.23. The minimum Gasteiger partial charge on any atom is -0.461 e. The highest BCUT2D eigenvalue weighted by atomic mass is 16.3. The van der Waals surface area contributed by atoms with Crippen LogP contribution < -0.4 is 5.32 Å². The van der Waals surface area contributed by atoms with Crippen molar-refractivity contribution in [1.29, 1.82) is 0 Å². The largest absolute Gasteiger partial charge is 0.461 e. The minimum atomic E-state index is 0.664. The summed E-state index contributed by atoms with van der Waals surface area (Å²) < 4.78 is 5.23. The van der Waals surface area contributed by atoms with Crippen molar-refractivity contribution in [2.45, 2.75) is 13.1 Å². The average Bonchev–Trinajstić information content (AvgIpc) is 2.88. The Morgan fingerprint density at radius 2 is 2.36 bits per heavy atom. The van der Waals surface area contributed by atoms with E-state index < -0.39 is 0 Å². The molecule has 0 unspecified atom stereocenters. The monoisotopic (exact) mass is 187 g/mol. The van der Waals surface area contributed by atoms with Crippen LogP contribution in [0.1, 0.15) is 11.3 Å². The van der Waals surface area contributed by atoms with Gasteiger partial charge in [0, 0.05) is 24.8 Å². The Morgan fingerprint density at radius 1 is 1.36 bits per heavy atom. The number of furan rings is 1. The predicted octanol–water partition coefficient (Wildman–Crippen LogP) is 1.34. The SMILES string of the molecule is c1coc(-c2ncc3c(n2)CNC3)c1. The van der Waals surface area contributed by atoms with Crippen molar-refractivity contribution < 1.29 is 4.42 Å². The van der Waals surface area contributed by atoms with E-state index in [1.54, 1.807) is 6.26 Å². The normalized spacial score (nSPS) is 14.3. The summed E-state index contributed by atoms with van der Waals surface area (Å²) >= 11 is 0. The number of nitrogens with one attached hydrogen (secondary N) is 1. The third kappa shape index (κ3) is 1.12. The lowest BCUT2D eigenvalue weighted by Gasteiger charge is -1.98. The molecule has 0 aromatic carbocycles. The lowest BCUT2D eigenvalue weighted by Crippen LogP contribution is -2.00. The first kappa shape index (κ1) is 7.70. The molecule has 0 aliphatic carbocycles.